The van der Waals surface area contributed by atoms with Crippen molar-refractivity contribution >= 4 is 5.91 Å². The van der Waals surface area contributed by atoms with Crippen LogP contribution in [0.4, 0.5) is 0 Å². The Labute approximate surface area is 120 Å². The fourth-order valence-electron chi connectivity index (χ4n) is 2.61. The van der Waals surface area contributed by atoms with Gasteiger partial charge in [0.25, 0.3) is 5.91 Å². The summed E-state index contributed by atoms with van der Waals surface area (Å²) in [5, 5.41) is 7.04. The summed E-state index contributed by atoms with van der Waals surface area (Å²) in [5.41, 5.74) is 1.53. The van der Waals surface area contributed by atoms with Gasteiger partial charge in [-0.2, -0.15) is 5.10 Å². The van der Waals surface area contributed by atoms with Crippen LogP contribution in [0.5, 0.6) is 0 Å². The first kappa shape index (κ1) is 15.0. The first-order valence-corrected chi connectivity index (χ1v) is 7.12. The molecule has 2 atom stereocenters. The molecular formula is C14H24N4O2. The van der Waals surface area contributed by atoms with E-state index >= 15 is 0 Å². The number of nitrogens with zero attached hydrogens (tertiary/aromatic N) is 3. The second-order valence-electron chi connectivity index (χ2n) is 5.54. The van der Waals surface area contributed by atoms with Crippen molar-refractivity contribution in [2.45, 2.75) is 33.0 Å². The van der Waals surface area contributed by atoms with E-state index in [0.717, 1.165) is 25.3 Å². The molecule has 1 aromatic rings. The second-order valence-corrected chi connectivity index (χ2v) is 5.54. The molecule has 1 aliphatic rings. The molecule has 20 heavy (non-hydrogen) atoms. The van der Waals surface area contributed by atoms with Gasteiger partial charge in [0.1, 0.15) is 0 Å². The minimum absolute atomic E-state index is 0.0510. The molecule has 0 aliphatic carbocycles. The lowest BCUT2D eigenvalue weighted by atomic mass is 10.2. The van der Waals surface area contributed by atoms with Gasteiger partial charge in [0, 0.05) is 38.9 Å². The zero-order valence-electron chi connectivity index (χ0n) is 12.7. The molecule has 2 rings (SSSR count). The number of aromatic nitrogens is 2. The summed E-state index contributed by atoms with van der Waals surface area (Å²) in [7, 11) is 1.84. The Balaban J connectivity index is 1.78. The van der Waals surface area contributed by atoms with E-state index in [9.17, 15) is 4.79 Å². The molecule has 1 aliphatic heterocycles. The number of rotatable bonds is 4. The predicted octanol–water partition coefficient (Wildman–Crippen LogP) is 0.568. The highest BCUT2D eigenvalue weighted by atomic mass is 16.5. The Morgan fingerprint density at radius 3 is 2.65 bits per heavy atom. The molecule has 1 amide bonds. The summed E-state index contributed by atoms with van der Waals surface area (Å²) >= 11 is 0. The molecule has 0 radical (unpaired) electrons. The Morgan fingerprint density at radius 1 is 1.45 bits per heavy atom. The number of ether oxygens (including phenoxy) is 1. The number of carbonyl (C=O) groups is 1. The van der Waals surface area contributed by atoms with Crippen LogP contribution in [0.1, 0.15) is 29.9 Å². The van der Waals surface area contributed by atoms with E-state index in [1.807, 2.05) is 14.0 Å². The maximum absolute atomic E-state index is 12.0. The average molecular weight is 280 g/mol. The van der Waals surface area contributed by atoms with Crippen LogP contribution in [0.15, 0.2) is 6.20 Å². The van der Waals surface area contributed by atoms with Crippen LogP contribution in [0, 0.1) is 6.92 Å². The van der Waals surface area contributed by atoms with Crippen LogP contribution in [0.2, 0.25) is 0 Å². The molecule has 2 heterocycles. The number of nitrogens with one attached hydrogen (secondary N) is 1. The van der Waals surface area contributed by atoms with Crippen molar-refractivity contribution in [2.24, 2.45) is 7.05 Å². The summed E-state index contributed by atoms with van der Waals surface area (Å²) < 4.78 is 7.40. The van der Waals surface area contributed by atoms with Gasteiger partial charge in [-0.15, -0.1) is 0 Å². The largest absolute Gasteiger partial charge is 0.373 e. The van der Waals surface area contributed by atoms with Gasteiger partial charge < -0.3 is 10.1 Å². The monoisotopic (exact) mass is 280 g/mol. The second kappa shape index (κ2) is 6.37. The maximum atomic E-state index is 12.0. The van der Waals surface area contributed by atoms with E-state index in [1.165, 1.54) is 0 Å². The van der Waals surface area contributed by atoms with E-state index in [4.69, 9.17) is 4.74 Å². The SMILES string of the molecule is Cc1c(C(=O)NCCN2C[C@@H](C)O[C@H](C)C2)cnn1C. The van der Waals surface area contributed by atoms with Crippen LogP contribution in [-0.2, 0) is 11.8 Å². The number of carbonyl (C=O) groups excluding carboxylic acids is 1. The van der Waals surface area contributed by atoms with Gasteiger partial charge in [-0.05, 0) is 20.8 Å². The summed E-state index contributed by atoms with van der Waals surface area (Å²) in [6, 6.07) is 0. The summed E-state index contributed by atoms with van der Waals surface area (Å²) in [4.78, 5) is 14.4. The minimum Gasteiger partial charge on any atom is -0.373 e. The number of aryl methyl sites for hydroxylation is 1. The van der Waals surface area contributed by atoms with E-state index in [0.29, 0.717) is 12.1 Å². The van der Waals surface area contributed by atoms with E-state index in [-0.39, 0.29) is 18.1 Å². The Hall–Kier alpha value is -1.40. The number of morpholine rings is 1. The van der Waals surface area contributed by atoms with Crippen LogP contribution in [0.3, 0.4) is 0 Å². The highest BCUT2D eigenvalue weighted by Gasteiger charge is 2.21. The van der Waals surface area contributed by atoms with Gasteiger partial charge in [-0.1, -0.05) is 0 Å². The van der Waals surface area contributed by atoms with Crippen molar-refractivity contribution in [1.29, 1.82) is 0 Å². The summed E-state index contributed by atoms with van der Waals surface area (Å²) in [6.45, 7) is 9.40. The number of hydrogen-bond donors (Lipinski definition) is 1. The highest BCUT2D eigenvalue weighted by molar-refractivity contribution is 5.94. The Kier molecular flexibility index (Phi) is 4.77. The molecule has 0 aromatic carbocycles. The molecule has 1 aromatic heterocycles. The smallest absolute Gasteiger partial charge is 0.254 e. The molecule has 1 saturated heterocycles. The molecule has 0 unspecified atom stereocenters. The highest BCUT2D eigenvalue weighted by Crippen LogP contribution is 2.10. The topological polar surface area (TPSA) is 59.4 Å². The third-order valence-electron chi connectivity index (χ3n) is 3.69. The van der Waals surface area contributed by atoms with E-state index in [1.54, 1.807) is 10.9 Å². The molecule has 1 N–H and O–H groups in total. The standard InChI is InChI=1S/C14H24N4O2/c1-10-8-18(9-11(2)20-10)6-5-15-14(19)13-7-16-17(4)12(13)3/h7,10-11H,5-6,8-9H2,1-4H3,(H,15,19)/t10-,11-/m1/s1. The predicted molar refractivity (Wildman–Crippen MR) is 76.7 cm³/mol. The van der Waals surface area contributed by atoms with Gasteiger partial charge >= 0.3 is 0 Å². The maximum Gasteiger partial charge on any atom is 0.254 e. The van der Waals surface area contributed by atoms with Crippen LogP contribution >= 0.6 is 0 Å². The average Bonchev–Trinajstić information content (AvgIpc) is 2.69. The fourth-order valence-corrected chi connectivity index (χ4v) is 2.61. The molecule has 6 nitrogen and oxygen atoms in total. The van der Waals surface area contributed by atoms with Crippen molar-refractivity contribution < 1.29 is 9.53 Å². The van der Waals surface area contributed by atoms with Crippen LogP contribution in [-0.4, -0.2) is 59.0 Å². The normalized spacial score (nSPS) is 23.8. The quantitative estimate of drug-likeness (QED) is 0.876. The lowest BCUT2D eigenvalue weighted by Crippen LogP contribution is -2.47. The van der Waals surface area contributed by atoms with Crippen molar-refractivity contribution in [3.8, 4) is 0 Å². The van der Waals surface area contributed by atoms with Gasteiger partial charge in [-0.25, -0.2) is 0 Å². The van der Waals surface area contributed by atoms with Gasteiger partial charge in [0.15, 0.2) is 0 Å². The molecule has 6 heteroatoms. The Morgan fingerprint density at radius 2 is 2.10 bits per heavy atom. The zero-order chi connectivity index (χ0) is 14.7. The number of hydrogen-bond acceptors (Lipinski definition) is 4. The lowest BCUT2D eigenvalue weighted by molar-refractivity contribution is -0.0672. The molecule has 1 fully saturated rings. The Bertz CT molecular complexity index is 462. The third-order valence-corrected chi connectivity index (χ3v) is 3.69. The van der Waals surface area contributed by atoms with E-state index in [2.05, 4.69) is 29.2 Å². The summed E-state index contributed by atoms with van der Waals surface area (Å²) in [6.07, 6.45) is 2.13. The van der Waals surface area contributed by atoms with Crippen molar-refractivity contribution in [2.75, 3.05) is 26.2 Å². The minimum atomic E-state index is -0.0510. The van der Waals surface area contributed by atoms with Gasteiger partial charge in [0.05, 0.1) is 24.0 Å². The molecule has 0 spiro atoms. The van der Waals surface area contributed by atoms with Crippen LogP contribution in [0.25, 0.3) is 0 Å². The first-order valence-electron chi connectivity index (χ1n) is 7.12. The van der Waals surface area contributed by atoms with Gasteiger partial charge in [-0.3, -0.25) is 14.4 Å². The first-order chi connectivity index (χ1) is 9.47. The molecule has 112 valence electrons. The van der Waals surface area contributed by atoms with Crippen molar-refractivity contribution in [3.63, 3.8) is 0 Å². The fraction of sp³-hybridized carbons (Fsp3) is 0.714. The van der Waals surface area contributed by atoms with E-state index < -0.39 is 0 Å². The van der Waals surface area contributed by atoms with Gasteiger partial charge in [0.2, 0.25) is 0 Å². The van der Waals surface area contributed by atoms with Crippen molar-refractivity contribution in [1.82, 2.24) is 20.0 Å². The summed E-state index contributed by atoms with van der Waals surface area (Å²) in [5.74, 6) is -0.0510. The lowest BCUT2D eigenvalue weighted by Gasteiger charge is -2.35. The zero-order valence-corrected chi connectivity index (χ0v) is 12.7. The number of amides is 1. The molecule has 0 saturated carbocycles. The van der Waals surface area contributed by atoms with Crippen molar-refractivity contribution in [3.05, 3.63) is 17.5 Å². The van der Waals surface area contributed by atoms with Crippen LogP contribution < -0.4 is 5.32 Å². The third kappa shape index (κ3) is 3.58. The molecular weight excluding hydrogens is 256 g/mol. The molecule has 0 bridgehead atoms.